The number of benzene rings is 1. The highest BCUT2D eigenvalue weighted by Gasteiger charge is 2.35. The normalized spacial score (nSPS) is 27.6. The molecule has 2 aliphatic heterocycles. The second kappa shape index (κ2) is 8.71. The van der Waals surface area contributed by atoms with E-state index in [1.165, 1.54) is 75.0 Å². The van der Waals surface area contributed by atoms with E-state index in [1.807, 2.05) is 0 Å². The number of hydrogen-bond acceptors (Lipinski definition) is 3. The first-order chi connectivity index (χ1) is 15.1. The van der Waals surface area contributed by atoms with Gasteiger partial charge in [-0.15, -0.1) is 0 Å². The molecule has 3 aliphatic rings. The first-order valence-corrected chi connectivity index (χ1v) is 12.7. The second-order valence-electron chi connectivity index (χ2n) is 10.8. The maximum Gasteiger partial charge on any atom is 0.114 e. The molecule has 4 nitrogen and oxygen atoms in total. The van der Waals surface area contributed by atoms with Gasteiger partial charge in [0.2, 0.25) is 0 Å². The van der Waals surface area contributed by atoms with Crippen LogP contribution >= 0.6 is 0 Å². The van der Waals surface area contributed by atoms with Crippen LogP contribution in [0.3, 0.4) is 0 Å². The minimum Gasteiger partial charge on any atom is -0.324 e. The molecular formula is C27H40N4. The lowest BCUT2D eigenvalue weighted by Gasteiger charge is -2.42. The summed E-state index contributed by atoms with van der Waals surface area (Å²) in [5.41, 5.74) is 4.68. The van der Waals surface area contributed by atoms with Gasteiger partial charge in [0.05, 0.1) is 11.0 Å². The van der Waals surface area contributed by atoms with Gasteiger partial charge in [0, 0.05) is 38.1 Å². The van der Waals surface area contributed by atoms with Gasteiger partial charge in [-0.2, -0.15) is 0 Å². The van der Waals surface area contributed by atoms with Crippen molar-refractivity contribution >= 4 is 11.0 Å². The molecule has 0 saturated carbocycles. The summed E-state index contributed by atoms with van der Waals surface area (Å²) in [5.74, 6) is 2.64. The van der Waals surface area contributed by atoms with Crippen LogP contribution in [0.2, 0.25) is 0 Å². The molecule has 2 aromatic rings. The molecule has 2 fully saturated rings. The van der Waals surface area contributed by atoms with E-state index >= 15 is 0 Å². The number of fused-ring (bicyclic) bond motifs is 1. The van der Waals surface area contributed by atoms with E-state index in [2.05, 4.69) is 65.9 Å². The Balaban J connectivity index is 1.32. The highest BCUT2D eigenvalue weighted by atomic mass is 15.2. The van der Waals surface area contributed by atoms with Gasteiger partial charge >= 0.3 is 0 Å². The molecule has 0 bridgehead atoms. The van der Waals surface area contributed by atoms with Gasteiger partial charge in [-0.3, -0.25) is 4.90 Å². The molecule has 168 valence electrons. The second-order valence-corrected chi connectivity index (χ2v) is 10.8. The summed E-state index contributed by atoms with van der Waals surface area (Å²) in [6.07, 6.45) is 10.1. The van der Waals surface area contributed by atoms with Gasteiger partial charge in [0.25, 0.3) is 0 Å². The van der Waals surface area contributed by atoms with E-state index < -0.39 is 0 Å². The number of piperidine rings is 1. The Bertz CT molecular complexity index is 926. The van der Waals surface area contributed by atoms with Crippen molar-refractivity contribution < 1.29 is 0 Å². The Morgan fingerprint density at radius 1 is 1.13 bits per heavy atom. The van der Waals surface area contributed by atoms with Gasteiger partial charge in [0.15, 0.2) is 0 Å². The lowest BCUT2D eigenvalue weighted by atomic mass is 9.67. The van der Waals surface area contributed by atoms with Crippen LogP contribution in [0.15, 0.2) is 35.9 Å². The Morgan fingerprint density at radius 3 is 2.68 bits per heavy atom. The Hall–Kier alpha value is -1.65. The van der Waals surface area contributed by atoms with Crippen LogP contribution in [0.5, 0.6) is 0 Å². The van der Waals surface area contributed by atoms with Crippen molar-refractivity contribution in [1.29, 1.82) is 0 Å². The number of aromatic nitrogens is 2. The third-order valence-corrected chi connectivity index (χ3v) is 8.37. The summed E-state index contributed by atoms with van der Waals surface area (Å²) in [7, 11) is 0. The standard InChI is InChI=1S/C27H40N4/c1-4-23-21(8-7-14-27(23,2)3)19-30-16-12-22(13-17-30)31-25-10-6-5-9-24(25)29-26(31)20-11-15-28-18-20/h5-6,8-10,20,22-23,28H,4,7,11-19H2,1-3H3. The highest BCUT2D eigenvalue weighted by molar-refractivity contribution is 5.76. The van der Waals surface area contributed by atoms with E-state index in [1.54, 1.807) is 5.57 Å². The van der Waals surface area contributed by atoms with Crippen molar-refractivity contribution in [2.24, 2.45) is 11.3 Å². The number of nitrogens with one attached hydrogen (secondary N) is 1. The lowest BCUT2D eigenvalue weighted by molar-refractivity contribution is 0.164. The highest BCUT2D eigenvalue weighted by Crippen LogP contribution is 2.43. The quantitative estimate of drug-likeness (QED) is 0.646. The summed E-state index contributed by atoms with van der Waals surface area (Å²) >= 11 is 0. The monoisotopic (exact) mass is 420 g/mol. The summed E-state index contributed by atoms with van der Waals surface area (Å²) in [6.45, 7) is 13.1. The molecule has 5 rings (SSSR count). The van der Waals surface area contributed by atoms with Gasteiger partial charge in [-0.25, -0.2) is 4.98 Å². The van der Waals surface area contributed by atoms with Crippen LogP contribution in [-0.2, 0) is 0 Å². The molecule has 0 amide bonds. The van der Waals surface area contributed by atoms with E-state index in [0.29, 0.717) is 17.4 Å². The molecule has 3 heterocycles. The van der Waals surface area contributed by atoms with Crippen LogP contribution in [0, 0.1) is 11.3 Å². The van der Waals surface area contributed by atoms with Crippen LogP contribution in [0.4, 0.5) is 0 Å². The minimum absolute atomic E-state index is 0.455. The molecule has 0 spiro atoms. The molecule has 2 unspecified atom stereocenters. The molecular weight excluding hydrogens is 380 g/mol. The summed E-state index contributed by atoms with van der Waals surface area (Å²) < 4.78 is 2.63. The minimum atomic E-state index is 0.455. The Morgan fingerprint density at radius 2 is 1.94 bits per heavy atom. The number of imidazole rings is 1. The van der Waals surface area contributed by atoms with E-state index in [9.17, 15) is 0 Å². The molecule has 1 aromatic heterocycles. The zero-order valence-electron chi connectivity index (χ0n) is 19.7. The Kier molecular flexibility index (Phi) is 5.96. The topological polar surface area (TPSA) is 33.1 Å². The smallest absolute Gasteiger partial charge is 0.114 e. The summed E-state index contributed by atoms with van der Waals surface area (Å²) in [4.78, 5) is 7.84. The van der Waals surface area contributed by atoms with Crippen molar-refractivity contribution in [3.05, 3.63) is 41.7 Å². The molecule has 0 radical (unpaired) electrons. The first kappa shape index (κ1) is 21.2. The third-order valence-electron chi connectivity index (χ3n) is 8.37. The fourth-order valence-electron chi connectivity index (χ4n) is 6.64. The zero-order chi connectivity index (χ0) is 21.4. The maximum atomic E-state index is 5.12. The molecule has 1 aliphatic carbocycles. The lowest BCUT2D eigenvalue weighted by Crippen LogP contribution is -2.39. The van der Waals surface area contributed by atoms with Crippen LogP contribution in [-0.4, -0.2) is 47.2 Å². The van der Waals surface area contributed by atoms with Crippen molar-refractivity contribution in [3.8, 4) is 0 Å². The number of allylic oxidation sites excluding steroid dienone is 1. The average Bonchev–Trinajstić information content (AvgIpc) is 3.42. The van der Waals surface area contributed by atoms with Crippen LogP contribution < -0.4 is 5.32 Å². The fraction of sp³-hybridized carbons (Fsp3) is 0.667. The van der Waals surface area contributed by atoms with Crippen molar-refractivity contribution in [2.45, 2.75) is 71.3 Å². The van der Waals surface area contributed by atoms with Crippen molar-refractivity contribution in [2.75, 3.05) is 32.7 Å². The van der Waals surface area contributed by atoms with Gasteiger partial charge in [-0.05, 0) is 68.5 Å². The fourth-order valence-corrected chi connectivity index (χ4v) is 6.64. The predicted molar refractivity (Wildman–Crippen MR) is 130 cm³/mol. The van der Waals surface area contributed by atoms with Crippen molar-refractivity contribution in [1.82, 2.24) is 19.8 Å². The number of rotatable bonds is 5. The zero-order valence-corrected chi connectivity index (χ0v) is 19.7. The molecule has 1 N–H and O–H groups in total. The van der Waals surface area contributed by atoms with Crippen LogP contribution in [0.25, 0.3) is 11.0 Å². The van der Waals surface area contributed by atoms with Gasteiger partial charge in [-0.1, -0.05) is 44.6 Å². The molecule has 1 aromatic carbocycles. The SMILES string of the molecule is CCC1C(CN2CCC(n3c(C4CCNC4)nc4ccccc43)CC2)=CCCC1(C)C. The molecule has 2 saturated heterocycles. The number of nitrogens with zero attached hydrogens (tertiary/aromatic N) is 3. The molecule has 2 atom stereocenters. The number of para-hydroxylation sites is 2. The largest absolute Gasteiger partial charge is 0.324 e. The Labute approximate surface area is 188 Å². The number of likely N-dealkylation sites (tertiary alicyclic amines) is 1. The predicted octanol–water partition coefficient (Wildman–Crippen LogP) is 5.52. The average molecular weight is 421 g/mol. The first-order valence-electron chi connectivity index (χ1n) is 12.7. The van der Waals surface area contributed by atoms with Crippen LogP contribution in [0.1, 0.15) is 77.1 Å². The van der Waals surface area contributed by atoms with Crippen molar-refractivity contribution in [3.63, 3.8) is 0 Å². The summed E-state index contributed by atoms with van der Waals surface area (Å²) in [6, 6.07) is 9.35. The molecule has 4 heteroatoms. The summed E-state index contributed by atoms with van der Waals surface area (Å²) in [5, 5.41) is 3.55. The number of hydrogen-bond donors (Lipinski definition) is 1. The maximum absolute atomic E-state index is 5.12. The van der Waals surface area contributed by atoms with E-state index in [0.717, 1.165) is 19.0 Å². The third kappa shape index (κ3) is 4.09. The van der Waals surface area contributed by atoms with Gasteiger partial charge in [0.1, 0.15) is 5.82 Å². The molecule has 31 heavy (non-hydrogen) atoms. The van der Waals surface area contributed by atoms with Gasteiger partial charge < -0.3 is 9.88 Å². The van der Waals surface area contributed by atoms with E-state index in [4.69, 9.17) is 4.98 Å². The van der Waals surface area contributed by atoms with E-state index in [-0.39, 0.29) is 0 Å².